The molecule has 1 fully saturated rings. The van der Waals surface area contributed by atoms with Crippen LogP contribution in [0.2, 0.25) is 0 Å². The van der Waals surface area contributed by atoms with E-state index in [1.807, 2.05) is 0 Å². The molecule has 2 unspecified atom stereocenters. The summed E-state index contributed by atoms with van der Waals surface area (Å²) in [6, 6.07) is 3.82. The maximum absolute atomic E-state index is 10.7. The zero-order valence-corrected chi connectivity index (χ0v) is 10.0. The minimum Gasteiger partial charge on any atom is -0.477 e. The summed E-state index contributed by atoms with van der Waals surface area (Å²) in [5.41, 5.74) is 1.00. The van der Waals surface area contributed by atoms with Gasteiger partial charge >= 0.3 is 5.97 Å². The number of carbonyl (C=O) groups is 1. The Bertz CT molecular complexity index is 389. The van der Waals surface area contributed by atoms with Crippen LogP contribution < -0.4 is 5.32 Å². The fourth-order valence-electron chi connectivity index (χ4n) is 2.35. The summed E-state index contributed by atoms with van der Waals surface area (Å²) in [6.45, 7) is 2.26. The standard InChI is InChI=1S/C13H18N2O2/c1-9-4-2-3-5-11(9)15-10-6-7-12(13(16)17)14-8-10/h6-9,11,15H,2-5H2,1H3,(H,16,17). The summed E-state index contributed by atoms with van der Waals surface area (Å²) in [7, 11) is 0. The van der Waals surface area contributed by atoms with Crippen molar-refractivity contribution in [3.63, 3.8) is 0 Å². The molecule has 2 rings (SSSR count). The van der Waals surface area contributed by atoms with Crippen molar-refractivity contribution in [3.8, 4) is 0 Å². The summed E-state index contributed by atoms with van der Waals surface area (Å²) in [5.74, 6) is -0.314. The smallest absolute Gasteiger partial charge is 0.354 e. The SMILES string of the molecule is CC1CCCCC1Nc1ccc(C(=O)O)nc1. The largest absolute Gasteiger partial charge is 0.477 e. The maximum atomic E-state index is 10.7. The highest BCUT2D eigenvalue weighted by atomic mass is 16.4. The third-order valence-electron chi connectivity index (χ3n) is 3.45. The number of nitrogens with one attached hydrogen (secondary N) is 1. The van der Waals surface area contributed by atoms with Gasteiger partial charge in [-0.25, -0.2) is 9.78 Å². The van der Waals surface area contributed by atoms with Crippen LogP contribution in [0, 0.1) is 5.92 Å². The number of rotatable bonds is 3. The molecule has 17 heavy (non-hydrogen) atoms. The topological polar surface area (TPSA) is 62.2 Å². The highest BCUT2D eigenvalue weighted by Crippen LogP contribution is 2.26. The second-order valence-electron chi connectivity index (χ2n) is 4.75. The zero-order chi connectivity index (χ0) is 12.3. The van der Waals surface area contributed by atoms with Crippen LogP contribution in [0.15, 0.2) is 18.3 Å². The summed E-state index contributed by atoms with van der Waals surface area (Å²) < 4.78 is 0. The van der Waals surface area contributed by atoms with Crippen LogP contribution in [0.5, 0.6) is 0 Å². The first-order chi connectivity index (χ1) is 8.16. The number of aromatic carboxylic acids is 1. The third kappa shape index (κ3) is 2.96. The van der Waals surface area contributed by atoms with Gasteiger partial charge in [-0.05, 0) is 30.9 Å². The fraction of sp³-hybridized carbons (Fsp3) is 0.538. The maximum Gasteiger partial charge on any atom is 0.354 e. The van der Waals surface area contributed by atoms with Crippen LogP contribution in [-0.4, -0.2) is 22.1 Å². The lowest BCUT2D eigenvalue weighted by molar-refractivity contribution is 0.0690. The van der Waals surface area contributed by atoms with Crippen molar-refractivity contribution >= 4 is 11.7 Å². The van der Waals surface area contributed by atoms with Crippen molar-refractivity contribution in [3.05, 3.63) is 24.0 Å². The molecule has 4 nitrogen and oxygen atoms in total. The molecule has 92 valence electrons. The number of anilines is 1. The molecule has 1 heterocycles. The Hall–Kier alpha value is -1.58. The molecule has 2 N–H and O–H groups in total. The van der Waals surface area contributed by atoms with E-state index in [1.54, 1.807) is 12.3 Å². The molecule has 0 radical (unpaired) electrons. The lowest BCUT2D eigenvalue weighted by Gasteiger charge is -2.30. The van der Waals surface area contributed by atoms with Gasteiger partial charge in [-0.3, -0.25) is 0 Å². The lowest BCUT2D eigenvalue weighted by Crippen LogP contribution is -2.30. The Morgan fingerprint density at radius 3 is 2.76 bits per heavy atom. The molecule has 1 aromatic rings. The highest BCUT2D eigenvalue weighted by molar-refractivity contribution is 5.85. The Kier molecular flexibility index (Phi) is 3.61. The molecule has 0 saturated heterocycles. The molecule has 0 amide bonds. The van der Waals surface area contributed by atoms with Crippen LogP contribution in [0.4, 0.5) is 5.69 Å². The molecular weight excluding hydrogens is 216 g/mol. The van der Waals surface area contributed by atoms with Crippen LogP contribution >= 0.6 is 0 Å². The van der Waals surface area contributed by atoms with Crippen LogP contribution in [0.1, 0.15) is 43.1 Å². The highest BCUT2D eigenvalue weighted by Gasteiger charge is 2.20. The van der Waals surface area contributed by atoms with Crippen molar-refractivity contribution < 1.29 is 9.90 Å². The Morgan fingerprint density at radius 1 is 1.41 bits per heavy atom. The van der Waals surface area contributed by atoms with E-state index < -0.39 is 5.97 Å². The van der Waals surface area contributed by atoms with E-state index in [-0.39, 0.29) is 5.69 Å². The molecular formula is C13H18N2O2. The minimum atomic E-state index is -0.984. The molecule has 0 aliphatic heterocycles. The van der Waals surface area contributed by atoms with E-state index in [0.29, 0.717) is 12.0 Å². The van der Waals surface area contributed by atoms with Gasteiger partial charge in [-0.15, -0.1) is 0 Å². The molecule has 1 aliphatic carbocycles. The molecule has 0 spiro atoms. The van der Waals surface area contributed by atoms with Crippen molar-refractivity contribution in [1.29, 1.82) is 0 Å². The molecule has 0 aromatic carbocycles. The summed E-state index contributed by atoms with van der Waals surface area (Å²) >= 11 is 0. The van der Waals surface area contributed by atoms with Crippen LogP contribution in [0.3, 0.4) is 0 Å². The van der Waals surface area contributed by atoms with Crippen LogP contribution in [-0.2, 0) is 0 Å². The number of aromatic nitrogens is 1. The second kappa shape index (κ2) is 5.17. The van der Waals surface area contributed by atoms with Crippen molar-refractivity contribution in [2.75, 3.05) is 5.32 Å². The first kappa shape index (κ1) is 11.9. The van der Waals surface area contributed by atoms with Gasteiger partial charge in [0.2, 0.25) is 0 Å². The van der Waals surface area contributed by atoms with Gasteiger partial charge < -0.3 is 10.4 Å². The quantitative estimate of drug-likeness (QED) is 0.844. The Balaban J connectivity index is 2.00. The summed E-state index contributed by atoms with van der Waals surface area (Å²) in [4.78, 5) is 14.6. The van der Waals surface area contributed by atoms with Crippen molar-refractivity contribution in [2.24, 2.45) is 5.92 Å². The Morgan fingerprint density at radius 2 is 2.18 bits per heavy atom. The van der Waals surface area contributed by atoms with E-state index in [4.69, 9.17) is 5.11 Å². The van der Waals surface area contributed by atoms with Crippen molar-refractivity contribution in [2.45, 2.75) is 38.6 Å². The second-order valence-corrected chi connectivity index (χ2v) is 4.75. The molecule has 1 saturated carbocycles. The fourth-order valence-corrected chi connectivity index (χ4v) is 2.35. The molecule has 4 heteroatoms. The normalized spacial score (nSPS) is 24.3. The number of hydrogen-bond acceptors (Lipinski definition) is 3. The Labute approximate surface area is 101 Å². The first-order valence-corrected chi connectivity index (χ1v) is 6.12. The van der Waals surface area contributed by atoms with E-state index >= 15 is 0 Å². The molecule has 1 aromatic heterocycles. The van der Waals surface area contributed by atoms with E-state index in [9.17, 15) is 4.79 Å². The van der Waals surface area contributed by atoms with E-state index in [1.165, 1.54) is 31.7 Å². The van der Waals surface area contributed by atoms with E-state index in [2.05, 4.69) is 17.2 Å². The average molecular weight is 234 g/mol. The molecule has 1 aliphatic rings. The minimum absolute atomic E-state index is 0.0900. The summed E-state index contributed by atoms with van der Waals surface area (Å²) in [5, 5.41) is 12.2. The number of pyridine rings is 1. The average Bonchev–Trinajstić information content (AvgIpc) is 2.33. The summed E-state index contributed by atoms with van der Waals surface area (Å²) in [6.07, 6.45) is 6.63. The van der Waals surface area contributed by atoms with Gasteiger partial charge in [0.25, 0.3) is 0 Å². The monoisotopic (exact) mass is 234 g/mol. The number of nitrogens with zero attached hydrogens (tertiary/aromatic N) is 1. The van der Waals surface area contributed by atoms with Gasteiger partial charge in [0.1, 0.15) is 5.69 Å². The number of hydrogen-bond donors (Lipinski definition) is 2. The lowest BCUT2D eigenvalue weighted by atomic mass is 9.86. The van der Waals surface area contributed by atoms with E-state index in [0.717, 1.165) is 5.69 Å². The van der Waals surface area contributed by atoms with Gasteiger partial charge in [0.05, 0.1) is 11.9 Å². The predicted octanol–water partition coefficient (Wildman–Crippen LogP) is 2.77. The van der Waals surface area contributed by atoms with Crippen LogP contribution in [0.25, 0.3) is 0 Å². The third-order valence-corrected chi connectivity index (χ3v) is 3.45. The number of carboxylic acid groups (broad SMARTS) is 1. The van der Waals surface area contributed by atoms with Gasteiger partial charge in [-0.2, -0.15) is 0 Å². The van der Waals surface area contributed by atoms with Gasteiger partial charge in [0.15, 0.2) is 0 Å². The molecule has 0 bridgehead atoms. The predicted molar refractivity (Wildman–Crippen MR) is 66.2 cm³/mol. The van der Waals surface area contributed by atoms with Crippen molar-refractivity contribution in [1.82, 2.24) is 4.98 Å². The van der Waals surface area contributed by atoms with Gasteiger partial charge in [-0.1, -0.05) is 19.8 Å². The molecule has 2 atom stereocenters. The van der Waals surface area contributed by atoms with Gasteiger partial charge in [0, 0.05) is 6.04 Å². The number of carboxylic acids is 1. The zero-order valence-electron chi connectivity index (χ0n) is 10.0. The first-order valence-electron chi connectivity index (χ1n) is 6.12.